The number of ether oxygens (including phenoxy) is 1. The van der Waals surface area contributed by atoms with Gasteiger partial charge in [0.2, 0.25) is 11.7 Å². The summed E-state index contributed by atoms with van der Waals surface area (Å²) in [5, 5.41) is 3.98. The topological polar surface area (TPSA) is 74.2 Å². The van der Waals surface area contributed by atoms with Crippen molar-refractivity contribution in [2.75, 3.05) is 7.11 Å². The van der Waals surface area contributed by atoms with Gasteiger partial charge in [-0.1, -0.05) is 18.5 Å². The lowest BCUT2D eigenvalue weighted by Gasteiger charge is -2.05. The van der Waals surface area contributed by atoms with Crippen LogP contribution in [0, 0.1) is 6.92 Å². The fraction of sp³-hybridized carbons (Fsp3) is 0.429. The number of rotatable bonds is 5. The average molecular weight is 261 g/mol. The maximum Gasteiger partial charge on any atom is 0.243 e. The molecular formula is C14H19N3O2. The van der Waals surface area contributed by atoms with Crippen LogP contribution in [-0.2, 0) is 0 Å². The largest absolute Gasteiger partial charge is 0.496 e. The quantitative estimate of drug-likeness (QED) is 0.895. The van der Waals surface area contributed by atoms with E-state index in [1.54, 1.807) is 7.11 Å². The number of hydrogen-bond donors (Lipinski definition) is 1. The fourth-order valence-corrected chi connectivity index (χ4v) is 1.96. The van der Waals surface area contributed by atoms with Crippen LogP contribution >= 0.6 is 0 Å². The minimum Gasteiger partial charge on any atom is -0.496 e. The number of benzene rings is 1. The van der Waals surface area contributed by atoms with Crippen LogP contribution in [0.2, 0.25) is 0 Å². The Hall–Kier alpha value is -1.88. The Morgan fingerprint density at radius 3 is 2.84 bits per heavy atom. The molecule has 1 unspecified atom stereocenters. The Morgan fingerprint density at radius 1 is 1.42 bits per heavy atom. The first-order valence-electron chi connectivity index (χ1n) is 6.40. The van der Waals surface area contributed by atoms with Crippen molar-refractivity contribution in [3.05, 3.63) is 29.7 Å². The number of nitrogens with two attached hydrogens (primary N) is 1. The third kappa shape index (κ3) is 2.93. The molecule has 2 rings (SSSR count). The summed E-state index contributed by atoms with van der Waals surface area (Å²) in [6.45, 7) is 4.05. The average Bonchev–Trinajstić information content (AvgIpc) is 2.88. The minimum atomic E-state index is -0.189. The van der Waals surface area contributed by atoms with Crippen LogP contribution in [0.3, 0.4) is 0 Å². The highest BCUT2D eigenvalue weighted by atomic mass is 16.5. The second kappa shape index (κ2) is 5.84. The van der Waals surface area contributed by atoms with Crippen molar-refractivity contribution in [1.82, 2.24) is 10.1 Å². The van der Waals surface area contributed by atoms with E-state index in [0.717, 1.165) is 29.7 Å². The summed E-state index contributed by atoms with van der Waals surface area (Å²) in [5.74, 6) is 1.90. The number of aromatic nitrogens is 2. The maximum atomic E-state index is 5.96. The normalized spacial score (nSPS) is 12.4. The second-order valence-electron chi connectivity index (χ2n) is 4.54. The van der Waals surface area contributed by atoms with Crippen LogP contribution in [0.4, 0.5) is 0 Å². The Labute approximate surface area is 112 Å². The van der Waals surface area contributed by atoms with Crippen molar-refractivity contribution in [3.8, 4) is 17.1 Å². The Balaban J connectivity index is 2.25. The van der Waals surface area contributed by atoms with E-state index in [-0.39, 0.29) is 6.04 Å². The molecule has 0 aliphatic heterocycles. The zero-order valence-corrected chi connectivity index (χ0v) is 11.5. The Morgan fingerprint density at radius 2 is 2.21 bits per heavy atom. The molecule has 102 valence electrons. The van der Waals surface area contributed by atoms with Crippen LogP contribution in [0.1, 0.15) is 37.3 Å². The summed E-state index contributed by atoms with van der Waals surface area (Å²) >= 11 is 0. The first-order chi connectivity index (χ1) is 9.15. The lowest BCUT2D eigenvalue weighted by molar-refractivity contribution is 0.348. The van der Waals surface area contributed by atoms with E-state index < -0.39 is 0 Å². The molecule has 0 saturated heterocycles. The molecular weight excluding hydrogens is 242 g/mol. The van der Waals surface area contributed by atoms with Crippen molar-refractivity contribution in [2.45, 2.75) is 32.7 Å². The van der Waals surface area contributed by atoms with Gasteiger partial charge in [-0.2, -0.15) is 4.98 Å². The van der Waals surface area contributed by atoms with E-state index in [4.69, 9.17) is 15.0 Å². The van der Waals surface area contributed by atoms with Gasteiger partial charge in [-0.25, -0.2) is 0 Å². The van der Waals surface area contributed by atoms with Gasteiger partial charge in [0.25, 0.3) is 0 Å². The van der Waals surface area contributed by atoms with Gasteiger partial charge in [-0.15, -0.1) is 0 Å². The molecule has 0 spiro atoms. The molecule has 1 atom stereocenters. The van der Waals surface area contributed by atoms with Gasteiger partial charge < -0.3 is 15.0 Å². The number of aryl methyl sites for hydroxylation is 1. The van der Waals surface area contributed by atoms with Gasteiger partial charge in [-0.3, -0.25) is 0 Å². The summed E-state index contributed by atoms with van der Waals surface area (Å²) in [4.78, 5) is 4.35. The SMILES string of the molecule is CCCC(N)c1nc(-c2ccc(OC)c(C)c2)no1. The molecule has 0 amide bonds. The highest BCUT2D eigenvalue weighted by molar-refractivity contribution is 5.58. The van der Waals surface area contributed by atoms with E-state index in [9.17, 15) is 0 Å². The zero-order chi connectivity index (χ0) is 13.8. The molecule has 0 bridgehead atoms. The van der Waals surface area contributed by atoms with E-state index in [1.165, 1.54) is 0 Å². The number of nitrogens with zero attached hydrogens (tertiary/aromatic N) is 2. The minimum absolute atomic E-state index is 0.189. The van der Waals surface area contributed by atoms with E-state index >= 15 is 0 Å². The van der Waals surface area contributed by atoms with Crippen LogP contribution in [0.25, 0.3) is 11.4 Å². The van der Waals surface area contributed by atoms with Gasteiger partial charge in [0.05, 0.1) is 13.2 Å². The monoisotopic (exact) mass is 261 g/mol. The van der Waals surface area contributed by atoms with Crippen molar-refractivity contribution < 1.29 is 9.26 Å². The number of hydrogen-bond acceptors (Lipinski definition) is 5. The Bertz CT molecular complexity index is 551. The summed E-state index contributed by atoms with van der Waals surface area (Å²) in [5.41, 5.74) is 7.89. The lowest BCUT2D eigenvalue weighted by Crippen LogP contribution is -2.09. The van der Waals surface area contributed by atoms with Crippen molar-refractivity contribution in [2.24, 2.45) is 5.73 Å². The van der Waals surface area contributed by atoms with Crippen LogP contribution < -0.4 is 10.5 Å². The fourth-order valence-electron chi connectivity index (χ4n) is 1.96. The summed E-state index contributed by atoms with van der Waals surface area (Å²) in [6.07, 6.45) is 1.82. The van der Waals surface area contributed by atoms with Gasteiger partial charge in [0, 0.05) is 5.56 Å². The smallest absolute Gasteiger partial charge is 0.243 e. The lowest BCUT2D eigenvalue weighted by atomic mass is 10.1. The van der Waals surface area contributed by atoms with Crippen LogP contribution in [-0.4, -0.2) is 17.3 Å². The standard InChI is InChI=1S/C14H19N3O2/c1-4-5-11(15)14-16-13(17-19-14)10-6-7-12(18-3)9(2)8-10/h6-8,11H,4-5,15H2,1-3H3. The molecule has 1 heterocycles. The molecule has 0 aliphatic rings. The first kappa shape index (κ1) is 13.5. The van der Waals surface area contributed by atoms with Crippen molar-refractivity contribution in [1.29, 1.82) is 0 Å². The molecule has 0 aliphatic carbocycles. The third-order valence-corrected chi connectivity index (χ3v) is 3.01. The zero-order valence-electron chi connectivity index (χ0n) is 11.5. The van der Waals surface area contributed by atoms with Gasteiger partial charge in [-0.05, 0) is 37.1 Å². The molecule has 1 aromatic carbocycles. The summed E-state index contributed by atoms with van der Waals surface area (Å²) < 4.78 is 10.4. The van der Waals surface area contributed by atoms with Gasteiger partial charge in [0.1, 0.15) is 5.75 Å². The molecule has 0 fully saturated rings. The summed E-state index contributed by atoms with van der Waals surface area (Å²) in [7, 11) is 1.65. The Kier molecular flexibility index (Phi) is 4.16. The number of methoxy groups -OCH3 is 1. The van der Waals surface area contributed by atoms with Crippen molar-refractivity contribution >= 4 is 0 Å². The molecule has 0 radical (unpaired) electrons. The highest BCUT2D eigenvalue weighted by Crippen LogP contribution is 2.25. The summed E-state index contributed by atoms with van der Waals surface area (Å²) in [6, 6.07) is 5.59. The predicted molar refractivity (Wildman–Crippen MR) is 72.9 cm³/mol. The molecule has 5 heteroatoms. The predicted octanol–water partition coefficient (Wildman–Crippen LogP) is 2.85. The molecule has 1 aromatic heterocycles. The third-order valence-electron chi connectivity index (χ3n) is 3.01. The van der Waals surface area contributed by atoms with E-state index in [0.29, 0.717) is 11.7 Å². The first-order valence-corrected chi connectivity index (χ1v) is 6.40. The maximum absolute atomic E-state index is 5.96. The van der Waals surface area contributed by atoms with Crippen LogP contribution in [0.5, 0.6) is 5.75 Å². The molecule has 19 heavy (non-hydrogen) atoms. The second-order valence-corrected chi connectivity index (χ2v) is 4.54. The molecule has 2 aromatic rings. The molecule has 2 N–H and O–H groups in total. The highest BCUT2D eigenvalue weighted by Gasteiger charge is 2.15. The van der Waals surface area contributed by atoms with Crippen molar-refractivity contribution in [3.63, 3.8) is 0 Å². The van der Waals surface area contributed by atoms with E-state index in [1.807, 2.05) is 25.1 Å². The van der Waals surface area contributed by atoms with Crippen LogP contribution in [0.15, 0.2) is 22.7 Å². The van der Waals surface area contributed by atoms with E-state index in [2.05, 4.69) is 17.1 Å². The van der Waals surface area contributed by atoms with Gasteiger partial charge >= 0.3 is 0 Å². The van der Waals surface area contributed by atoms with Gasteiger partial charge in [0.15, 0.2) is 0 Å². The molecule has 5 nitrogen and oxygen atoms in total. The molecule has 0 saturated carbocycles.